The van der Waals surface area contributed by atoms with Crippen LogP contribution in [-0.2, 0) is 23.9 Å². The van der Waals surface area contributed by atoms with E-state index < -0.39 is 11.9 Å². The van der Waals surface area contributed by atoms with Crippen molar-refractivity contribution in [2.45, 2.75) is 12.8 Å². The first-order chi connectivity index (χ1) is 7.63. The number of likely N-dealkylation sites (tertiary alicyclic amines) is 1. The molecule has 16 heavy (non-hydrogen) atoms. The molecule has 1 rings (SSSR count). The van der Waals surface area contributed by atoms with Crippen LogP contribution in [-0.4, -0.2) is 43.1 Å². The zero-order valence-electron chi connectivity index (χ0n) is 8.97. The number of ether oxygens (including phenoxy) is 2. The zero-order chi connectivity index (χ0) is 12.0. The summed E-state index contributed by atoms with van der Waals surface area (Å²) in [5, 5.41) is 0. The SMILES string of the molecule is COC(=O)/C=C/C(=O)OCN1CCCC1=O. The summed E-state index contributed by atoms with van der Waals surface area (Å²) < 4.78 is 9.06. The average Bonchev–Trinajstić information content (AvgIpc) is 2.69. The Balaban J connectivity index is 2.27. The molecule has 0 unspecified atom stereocenters. The number of hydrogen-bond donors (Lipinski definition) is 0. The smallest absolute Gasteiger partial charge is 0.332 e. The molecule has 0 aliphatic carbocycles. The van der Waals surface area contributed by atoms with Gasteiger partial charge in [0.1, 0.15) is 0 Å². The predicted molar refractivity (Wildman–Crippen MR) is 53.1 cm³/mol. The van der Waals surface area contributed by atoms with E-state index >= 15 is 0 Å². The van der Waals surface area contributed by atoms with Gasteiger partial charge in [0, 0.05) is 25.1 Å². The van der Waals surface area contributed by atoms with Crippen LogP contribution in [0.3, 0.4) is 0 Å². The van der Waals surface area contributed by atoms with E-state index in [9.17, 15) is 14.4 Å². The molecule has 0 saturated carbocycles. The maximum absolute atomic E-state index is 11.1. The van der Waals surface area contributed by atoms with E-state index in [-0.39, 0.29) is 12.6 Å². The van der Waals surface area contributed by atoms with Crippen LogP contribution in [0, 0.1) is 0 Å². The van der Waals surface area contributed by atoms with E-state index in [0.717, 1.165) is 18.6 Å². The second-order valence-corrected chi connectivity index (χ2v) is 3.21. The summed E-state index contributed by atoms with van der Waals surface area (Å²) >= 11 is 0. The van der Waals surface area contributed by atoms with Crippen molar-refractivity contribution in [3.63, 3.8) is 0 Å². The first kappa shape index (κ1) is 12.2. The molecule has 1 aliphatic rings. The monoisotopic (exact) mass is 227 g/mol. The first-order valence-electron chi connectivity index (χ1n) is 4.84. The van der Waals surface area contributed by atoms with Crippen molar-refractivity contribution in [3.8, 4) is 0 Å². The molecule has 0 aromatic heterocycles. The average molecular weight is 227 g/mol. The lowest BCUT2D eigenvalue weighted by Crippen LogP contribution is -2.28. The summed E-state index contributed by atoms with van der Waals surface area (Å²) in [5.41, 5.74) is 0. The van der Waals surface area contributed by atoms with Crippen LogP contribution in [0.15, 0.2) is 12.2 Å². The fourth-order valence-corrected chi connectivity index (χ4v) is 1.23. The van der Waals surface area contributed by atoms with Gasteiger partial charge in [0.05, 0.1) is 7.11 Å². The molecule has 1 aliphatic heterocycles. The minimum atomic E-state index is -0.676. The molecule has 1 fully saturated rings. The van der Waals surface area contributed by atoms with Crippen LogP contribution in [0.1, 0.15) is 12.8 Å². The predicted octanol–water partition coefficient (Wildman–Crippen LogP) is -0.161. The molecular weight excluding hydrogens is 214 g/mol. The van der Waals surface area contributed by atoms with Crippen LogP contribution in [0.2, 0.25) is 0 Å². The highest BCUT2D eigenvalue weighted by Gasteiger charge is 2.20. The Labute approximate surface area is 92.8 Å². The number of nitrogens with zero attached hydrogens (tertiary/aromatic N) is 1. The molecule has 1 amide bonds. The van der Waals surface area contributed by atoms with Gasteiger partial charge in [-0.05, 0) is 6.42 Å². The van der Waals surface area contributed by atoms with Gasteiger partial charge in [-0.2, -0.15) is 0 Å². The van der Waals surface area contributed by atoms with Gasteiger partial charge in [-0.1, -0.05) is 0 Å². The van der Waals surface area contributed by atoms with Crippen molar-refractivity contribution in [2.24, 2.45) is 0 Å². The highest BCUT2D eigenvalue weighted by molar-refractivity contribution is 5.91. The number of rotatable bonds is 4. The minimum Gasteiger partial charge on any atom is -0.466 e. The summed E-state index contributed by atoms with van der Waals surface area (Å²) in [4.78, 5) is 34.3. The van der Waals surface area contributed by atoms with Gasteiger partial charge in [-0.3, -0.25) is 4.79 Å². The van der Waals surface area contributed by atoms with Gasteiger partial charge in [0.25, 0.3) is 0 Å². The maximum atomic E-state index is 11.1. The summed E-state index contributed by atoms with van der Waals surface area (Å²) in [7, 11) is 1.21. The second-order valence-electron chi connectivity index (χ2n) is 3.21. The Morgan fingerprint density at radius 3 is 2.62 bits per heavy atom. The Hall–Kier alpha value is -1.85. The lowest BCUT2D eigenvalue weighted by molar-refractivity contribution is -0.147. The molecular formula is C10H13NO5. The summed E-state index contributed by atoms with van der Waals surface area (Å²) in [6.07, 6.45) is 3.21. The fourth-order valence-electron chi connectivity index (χ4n) is 1.23. The van der Waals surface area contributed by atoms with Crippen LogP contribution < -0.4 is 0 Å². The van der Waals surface area contributed by atoms with Crippen molar-refractivity contribution >= 4 is 17.8 Å². The molecule has 1 heterocycles. The van der Waals surface area contributed by atoms with Crippen molar-refractivity contribution in [3.05, 3.63) is 12.2 Å². The van der Waals surface area contributed by atoms with Gasteiger partial charge in [-0.15, -0.1) is 0 Å². The van der Waals surface area contributed by atoms with E-state index in [0.29, 0.717) is 13.0 Å². The van der Waals surface area contributed by atoms with Crippen LogP contribution in [0.5, 0.6) is 0 Å². The van der Waals surface area contributed by atoms with Gasteiger partial charge >= 0.3 is 11.9 Å². The lowest BCUT2D eigenvalue weighted by atomic mass is 10.4. The normalized spacial score (nSPS) is 15.6. The Morgan fingerprint density at radius 2 is 2.06 bits per heavy atom. The van der Waals surface area contributed by atoms with E-state index in [1.807, 2.05) is 0 Å². The minimum absolute atomic E-state index is 0.0234. The molecule has 0 atom stereocenters. The van der Waals surface area contributed by atoms with E-state index in [2.05, 4.69) is 4.74 Å². The van der Waals surface area contributed by atoms with Crippen molar-refractivity contribution in [2.75, 3.05) is 20.4 Å². The molecule has 0 aromatic carbocycles. The second kappa shape index (κ2) is 5.89. The third-order valence-electron chi connectivity index (χ3n) is 2.09. The fraction of sp³-hybridized carbons (Fsp3) is 0.500. The summed E-state index contributed by atoms with van der Waals surface area (Å²) in [6.45, 7) is 0.538. The molecule has 0 spiro atoms. The highest BCUT2D eigenvalue weighted by Crippen LogP contribution is 2.08. The number of amides is 1. The quantitative estimate of drug-likeness (QED) is 0.493. The van der Waals surface area contributed by atoms with Gasteiger partial charge < -0.3 is 14.4 Å². The number of esters is 2. The molecule has 88 valence electrons. The third-order valence-corrected chi connectivity index (χ3v) is 2.09. The molecule has 0 radical (unpaired) electrons. The number of carbonyl (C=O) groups is 3. The molecule has 0 bridgehead atoms. The summed E-state index contributed by atoms with van der Waals surface area (Å²) in [5.74, 6) is -1.33. The van der Waals surface area contributed by atoms with E-state index in [4.69, 9.17) is 4.74 Å². The molecule has 1 saturated heterocycles. The third kappa shape index (κ3) is 3.72. The zero-order valence-corrected chi connectivity index (χ0v) is 8.97. The number of carbonyl (C=O) groups excluding carboxylic acids is 3. The van der Waals surface area contributed by atoms with Gasteiger partial charge in [0.2, 0.25) is 5.91 Å². The Morgan fingerprint density at radius 1 is 1.38 bits per heavy atom. The van der Waals surface area contributed by atoms with Gasteiger partial charge in [-0.25, -0.2) is 9.59 Å². The lowest BCUT2D eigenvalue weighted by Gasteiger charge is -2.14. The van der Waals surface area contributed by atoms with Crippen molar-refractivity contribution in [1.82, 2.24) is 4.90 Å². The molecule has 0 aromatic rings. The highest BCUT2D eigenvalue weighted by atomic mass is 16.5. The largest absolute Gasteiger partial charge is 0.466 e. The van der Waals surface area contributed by atoms with Gasteiger partial charge in [0.15, 0.2) is 6.73 Å². The van der Waals surface area contributed by atoms with E-state index in [1.165, 1.54) is 12.0 Å². The maximum Gasteiger partial charge on any atom is 0.332 e. The Kier molecular flexibility index (Phi) is 4.50. The van der Waals surface area contributed by atoms with Crippen LogP contribution >= 0.6 is 0 Å². The molecule has 6 heteroatoms. The van der Waals surface area contributed by atoms with Crippen molar-refractivity contribution < 1.29 is 23.9 Å². The van der Waals surface area contributed by atoms with E-state index in [1.54, 1.807) is 0 Å². The molecule has 0 N–H and O–H groups in total. The van der Waals surface area contributed by atoms with Crippen molar-refractivity contribution in [1.29, 1.82) is 0 Å². The molecule has 6 nitrogen and oxygen atoms in total. The summed E-state index contributed by atoms with van der Waals surface area (Å²) in [6, 6.07) is 0. The Bertz CT molecular complexity index is 323. The standard InChI is InChI=1S/C10H13NO5/c1-15-9(13)4-5-10(14)16-7-11-6-2-3-8(11)12/h4-5H,2-3,6-7H2,1H3/b5-4+. The van der Waals surface area contributed by atoms with Crippen LogP contribution in [0.4, 0.5) is 0 Å². The number of hydrogen-bond acceptors (Lipinski definition) is 5. The number of methoxy groups -OCH3 is 1. The first-order valence-corrected chi connectivity index (χ1v) is 4.84. The topological polar surface area (TPSA) is 72.9 Å². The van der Waals surface area contributed by atoms with Crippen LogP contribution in [0.25, 0.3) is 0 Å².